The van der Waals surface area contributed by atoms with Crippen LogP contribution < -0.4 is 11.1 Å². The Morgan fingerprint density at radius 3 is 2.55 bits per heavy atom. The lowest BCUT2D eigenvalue weighted by molar-refractivity contribution is -0.138. The number of Topliss-reactive ketones (excluding diaryl/α,β-unsaturated/α-hetero) is 1. The molecular weight excluding hydrogens is 378 g/mol. The zero-order chi connectivity index (χ0) is 21.1. The van der Waals surface area contributed by atoms with Crippen LogP contribution in [0.4, 0.5) is 5.69 Å². The Morgan fingerprint density at radius 2 is 1.90 bits per heavy atom. The number of nitrogens with two attached hydrogens (primary N) is 1. The third-order valence-corrected chi connectivity index (χ3v) is 4.93. The summed E-state index contributed by atoms with van der Waals surface area (Å²) in [6.07, 6.45) is 0.934. The minimum absolute atomic E-state index is 0.217. The van der Waals surface area contributed by atoms with Gasteiger partial charge in [-0.3, -0.25) is 19.2 Å². The van der Waals surface area contributed by atoms with Gasteiger partial charge in [-0.15, -0.1) is 0 Å². The average molecular weight is 401 g/mol. The average Bonchev–Trinajstić information content (AvgIpc) is 3.12. The molecule has 5 N–H and O–H groups in total. The second-order valence-corrected chi connectivity index (χ2v) is 7.05. The number of carbonyl (C=O) groups excluding carboxylic acids is 3. The highest BCUT2D eigenvalue weighted by molar-refractivity contribution is 6.45. The van der Waals surface area contributed by atoms with E-state index in [1.165, 1.54) is 11.1 Å². The maximum absolute atomic E-state index is 12.8. The molecule has 1 unspecified atom stereocenters. The van der Waals surface area contributed by atoms with E-state index in [0.717, 1.165) is 0 Å². The molecule has 29 heavy (non-hydrogen) atoms. The number of amides is 2. The van der Waals surface area contributed by atoms with Gasteiger partial charge in [0.1, 0.15) is 0 Å². The molecule has 1 atom stereocenters. The van der Waals surface area contributed by atoms with E-state index >= 15 is 0 Å². The number of hydrogen-bond donors (Lipinski definition) is 4. The molecule has 3 rings (SSSR count). The van der Waals surface area contributed by atoms with E-state index in [9.17, 15) is 19.2 Å². The molecule has 1 aromatic heterocycles. The number of hydrogen-bond acceptors (Lipinski definition) is 6. The van der Waals surface area contributed by atoms with Crippen molar-refractivity contribution in [1.82, 2.24) is 14.8 Å². The fourth-order valence-electron chi connectivity index (χ4n) is 3.22. The fraction of sp³-hybridized carbons (Fsp3) is 0.368. The molecule has 2 heterocycles. The van der Waals surface area contributed by atoms with Crippen LogP contribution in [0.15, 0.2) is 24.4 Å². The minimum Gasteiger partial charge on any atom is -0.481 e. The standard InChI is InChI=1S/C19H23N5O5/c1-23-5-7-24(8-6-23)19(29)17(27)12-10-21-16-11(12)3-2-4-14(16)22-18(28)13(20)9-15(25)26/h2-4,10,13,21H,5-9,20H2,1H3,(H,22,28)(H,25,26). The summed E-state index contributed by atoms with van der Waals surface area (Å²) in [5.41, 5.74) is 6.61. The predicted molar refractivity (Wildman–Crippen MR) is 106 cm³/mol. The van der Waals surface area contributed by atoms with Crippen LogP contribution in [-0.4, -0.2) is 82.7 Å². The molecular formula is C19H23N5O5. The lowest BCUT2D eigenvalue weighted by Gasteiger charge is -2.31. The number of H-pyrrole nitrogens is 1. The summed E-state index contributed by atoms with van der Waals surface area (Å²) in [4.78, 5) is 54.8. The van der Waals surface area contributed by atoms with E-state index in [2.05, 4.69) is 15.2 Å². The quantitative estimate of drug-likeness (QED) is 0.389. The SMILES string of the molecule is CN1CCN(C(=O)C(=O)c2c[nH]c3c(NC(=O)C(N)CC(=O)O)cccc23)CC1. The van der Waals surface area contributed by atoms with Crippen molar-refractivity contribution in [2.24, 2.45) is 5.73 Å². The summed E-state index contributed by atoms with van der Waals surface area (Å²) in [6, 6.07) is 3.69. The number of carbonyl (C=O) groups is 4. The minimum atomic E-state index is -1.21. The Bertz CT molecular complexity index is 961. The van der Waals surface area contributed by atoms with Gasteiger partial charge in [-0.05, 0) is 13.1 Å². The molecule has 0 saturated carbocycles. The van der Waals surface area contributed by atoms with Gasteiger partial charge in [0.25, 0.3) is 11.7 Å². The van der Waals surface area contributed by atoms with Crippen molar-refractivity contribution in [2.45, 2.75) is 12.5 Å². The highest BCUT2D eigenvalue weighted by Crippen LogP contribution is 2.26. The molecule has 0 spiro atoms. The molecule has 10 heteroatoms. The first-order valence-corrected chi connectivity index (χ1v) is 9.18. The summed E-state index contributed by atoms with van der Waals surface area (Å²) < 4.78 is 0. The summed E-state index contributed by atoms with van der Waals surface area (Å²) in [7, 11) is 1.96. The zero-order valence-corrected chi connectivity index (χ0v) is 16.0. The van der Waals surface area contributed by atoms with Gasteiger partial charge < -0.3 is 30.9 Å². The molecule has 154 valence electrons. The molecule has 1 fully saturated rings. The zero-order valence-electron chi connectivity index (χ0n) is 16.0. The van der Waals surface area contributed by atoms with Crippen molar-refractivity contribution in [1.29, 1.82) is 0 Å². The molecule has 0 aliphatic carbocycles. The summed E-state index contributed by atoms with van der Waals surface area (Å²) >= 11 is 0. The van der Waals surface area contributed by atoms with Crippen LogP contribution in [0, 0.1) is 0 Å². The van der Waals surface area contributed by atoms with E-state index in [1.54, 1.807) is 18.2 Å². The molecule has 0 radical (unpaired) electrons. The Morgan fingerprint density at radius 1 is 1.21 bits per heavy atom. The van der Waals surface area contributed by atoms with Gasteiger partial charge in [0.15, 0.2) is 0 Å². The van der Waals surface area contributed by atoms with Crippen molar-refractivity contribution in [3.05, 3.63) is 30.0 Å². The Hall–Kier alpha value is -3.24. The maximum Gasteiger partial charge on any atom is 0.305 e. The van der Waals surface area contributed by atoms with Gasteiger partial charge >= 0.3 is 5.97 Å². The van der Waals surface area contributed by atoms with Crippen LogP contribution in [-0.2, 0) is 14.4 Å². The number of fused-ring (bicyclic) bond motifs is 1. The highest BCUT2D eigenvalue weighted by atomic mass is 16.4. The van der Waals surface area contributed by atoms with E-state index in [4.69, 9.17) is 10.8 Å². The Kier molecular flexibility index (Phi) is 5.95. The normalized spacial score (nSPS) is 15.9. The van der Waals surface area contributed by atoms with E-state index in [0.29, 0.717) is 42.8 Å². The third-order valence-electron chi connectivity index (χ3n) is 4.93. The van der Waals surface area contributed by atoms with Crippen LogP contribution in [0.25, 0.3) is 10.9 Å². The number of nitrogens with one attached hydrogen (secondary N) is 2. The van der Waals surface area contributed by atoms with Gasteiger partial charge in [0, 0.05) is 37.8 Å². The number of aromatic nitrogens is 1. The summed E-state index contributed by atoms with van der Waals surface area (Å²) in [5.74, 6) is -3.01. The first-order chi connectivity index (χ1) is 13.8. The van der Waals surface area contributed by atoms with Crippen molar-refractivity contribution >= 4 is 40.2 Å². The van der Waals surface area contributed by atoms with Crippen LogP contribution in [0.5, 0.6) is 0 Å². The number of carboxylic acids is 1. The molecule has 1 aromatic carbocycles. The molecule has 2 amide bonds. The van der Waals surface area contributed by atoms with Crippen molar-refractivity contribution < 1.29 is 24.3 Å². The van der Waals surface area contributed by atoms with Gasteiger partial charge in [0.2, 0.25) is 5.91 Å². The first-order valence-electron chi connectivity index (χ1n) is 9.18. The molecule has 1 aliphatic heterocycles. The number of carboxylic acid groups (broad SMARTS) is 1. The number of piperazine rings is 1. The Balaban J connectivity index is 1.80. The topological polar surface area (TPSA) is 149 Å². The van der Waals surface area contributed by atoms with Crippen LogP contribution in [0.3, 0.4) is 0 Å². The first kappa shape index (κ1) is 20.5. The lowest BCUT2D eigenvalue weighted by atomic mass is 10.1. The number of nitrogens with zero attached hydrogens (tertiary/aromatic N) is 2. The number of rotatable bonds is 6. The van der Waals surface area contributed by atoms with E-state index < -0.39 is 36.0 Å². The smallest absolute Gasteiger partial charge is 0.305 e. The van der Waals surface area contributed by atoms with Gasteiger partial charge in [0.05, 0.1) is 29.2 Å². The van der Waals surface area contributed by atoms with Gasteiger partial charge in [-0.2, -0.15) is 0 Å². The molecule has 10 nitrogen and oxygen atoms in total. The second kappa shape index (κ2) is 8.41. The fourth-order valence-corrected chi connectivity index (χ4v) is 3.22. The number of para-hydroxylation sites is 1. The van der Waals surface area contributed by atoms with Crippen LogP contribution in [0.1, 0.15) is 16.8 Å². The van der Waals surface area contributed by atoms with Crippen molar-refractivity contribution in [2.75, 3.05) is 38.5 Å². The molecule has 1 aliphatic rings. The molecule has 1 saturated heterocycles. The third kappa shape index (κ3) is 4.44. The lowest BCUT2D eigenvalue weighted by Crippen LogP contribution is -2.49. The van der Waals surface area contributed by atoms with E-state index in [1.807, 2.05) is 7.05 Å². The van der Waals surface area contributed by atoms with Crippen molar-refractivity contribution in [3.63, 3.8) is 0 Å². The van der Waals surface area contributed by atoms with Crippen LogP contribution in [0.2, 0.25) is 0 Å². The van der Waals surface area contributed by atoms with Gasteiger partial charge in [-0.25, -0.2) is 0 Å². The largest absolute Gasteiger partial charge is 0.481 e. The molecule has 2 aromatic rings. The predicted octanol–water partition coefficient (Wildman–Crippen LogP) is -0.135. The number of benzene rings is 1. The van der Waals surface area contributed by atoms with Crippen molar-refractivity contribution in [3.8, 4) is 0 Å². The number of ketones is 1. The highest BCUT2D eigenvalue weighted by Gasteiger charge is 2.28. The maximum atomic E-state index is 12.8. The number of likely N-dealkylation sites (N-methyl/N-ethyl adjacent to an activating group) is 1. The molecule has 0 bridgehead atoms. The monoisotopic (exact) mass is 401 g/mol. The summed E-state index contributed by atoms with van der Waals surface area (Å²) in [6.45, 7) is 2.40. The van der Waals surface area contributed by atoms with Crippen LogP contribution >= 0.6 is 0 Å². The number of anilines is 1. The number of aromatic amines is 1. The van der Waals surface area contributed by atoms with Gasteiger partial charge in [-0.1, -0.05) is 12.1 Å². The Labute approximate surface area is 166 Å². The summed E-state index contributed by atoms with van der Waals surface area (Å²) in [5, 5.41) is 11.8. The number of aliphatic carboxylic acids is 1. The second-order valence-electron chi connectivity index (χ2n) is 7.05. The van der Waals surface area contributed by atoms with E-state index in [-0.39, 0.29) is 5.56 Å².